The number of benzene rings is 3. The molecule has 1 N–H and O–H groups in total. The topological polar surface area (TPSA) is 103 Å². The van der Waals surface area contributed by atoms with Gasteiger partial charge in [-0.25, -0.2) is 4.39 Å². The van der Waals surface area contributed by atoms with Gasteiger partial charge in [-0.1, -0.05) is 23.4 Å². The number of hydrogen-bond acceptors (Lipinski definition) is 7. The predicted octanol–water partition coefficient (Wildman–Crippen LogP) is 4.37. The molecule has 4 aromatic rings. The van der Waals surface area contributed by atoms with Crippen molar-refractivity contribution in [2.24, 2.45) is 0 Å². The van der Waals surface area contributed by atoms with Crippen LogP contribution in [-0.4, -0.2) is 42.3 Å². The van der Waals surface area contributed by atoms with Crippen molar-refractivity contribution in [3.8, 4) is 17.2 Å². The molecule has 2 amide bonds. The van der Waals surface area contributed by atoms with E-state index in [9.17, 15) is 14.0 Å². The van der Waals surface area contributed by atoms with Gasteiger partial charge in [0.2, 0.25) is 6.79 Å². The Labute approximate surface area is 224 Å². The normalized spacial score (nSPS) is 11.7. The molecule has 1 aliphatic rings. The first-order chi connectivity index (χ1) is 19.0. The van der Waals surface area contributed by atoms with Crippen LogP contribution in [0.25, 0.3) is 0 Å². The molecule has 0 spiro atoms. The van der Waals surface area contributed by atoms with Gasteiger partial charge in [-0.2, -0.15) is 0 Å². The molecule has 10 heteroatoms. The van der Waals surface area contributed by atoms with Crippen LogP contribution in [0.5, 0.6) is 17.2 Å². The van der Waals surface area contributed by atoms with E-state index in [0.717, 1.165) is 16.9 Å². The van der Waals surface area contributed by atoms with Crippen molar-refractivity contribution in [3.05, 3.63) is 107 Å². The van der Waals surface area contributed by atoms with Crippen LogP contribution in [0.4, 0.5) is 4.39 Å². The average Bonchev–Trinajstić information content (AvgIpc) is 3.64. The van der Waals surface area contributed by atoms with Crippen LogP contribution in [0.3, 0.4) is 0 Å². The standard InChI is InChI=1S/C29H26FN3O6/c1-36-23-9-2-19(3-10-23)12-13-33(29(35)21-5-7-22(30)8-6-21)17-24-15-25(32-39-24)28(34)31-16-20-4-11-26-27(14-20)38-18-37-26/h2-11,14-15H,12-13,16-18H2,1H3,(H,31,34). The fourth-order valence-electron chi connectivity index (χ4n) is 4.09. The number of fused-ring (bicyclic) bond motifs is 1. The van der Waals surface area contributed by atoms with Gasteiger partial charge in [0, 0.05) is 24.7 Å². The van der Waals surface area contributed by atoms with Crippen molar-refractivity contribution in [2.75, 3.05) is 20.4 Å². The van der Waals surface area contributed by atoms with E-state index >= 15 is 0 Å². The van der Waals surface area contributed by atoms with Crippen LogP contribution in [0, 0.1) is 5.82 Å². The molecular weight excluding hydrogens is 505 g/mol. The molecule has 3 aromatic carbocycles. The summed E-state index contributed by atoms with van der Waals surface area (Å²) in [5.41, 5.74) is 2.28. The van der Waals surface area contributed by atoms with Gasteiger partial charge >= 0.3 is 0 Å². The third-order valence-corrected chi connectivity index (χ3v) is 6.24. The highest BCUT2D eigenvalue weighted by atomic mass is 19.1. The predicted molar refractivity (Wildman–Crippen MR) is 138 cm³/mol. The first kappa shape index (κ1) is 25.8. The summed E-state index contributed by atoms with van der Waals surface area (Å²) in [5, 5.41) is 6.69. The minimum atomic E-state index is -0.428. The largest absolute Gasteiger partial charge is 0.497 e. The number of ether oxygens (including phenoxy) is 3. The van der Waals surface area contributed by atoms with E-state index < -0.39 is 11.7 Å². The zero-order valence-corrected chi connectivity index (χ0v) is 21.2. The van der Waals surface area contributed by atoms with Crippen LogP contribution < -0.4 is 19.5 Å². The average molecular weight is 532 g/mol. The smallest absolute Gasteiger partial charge is 0.273 e. The number of halogens is 1. The van der Waals surface area contributed by atoms with Crippen molar-refractivity contribution in [1.82, 2.24) is 15.4 Å². The molecule has 200 valence electrons. The molecule has 0 saturated carbocycles. The van der Waals surface area contributed by atoms with Gasteiger partial charge < -0.3 is 29.0 Å². The summed E-state index contributed by atoms with van der Waals surface area (Å²) in [7, 11) is 1.60. The molecule has 0 radical (unpaired) electrons. The van der Waals surface area contributed by atoms with Crippen LogP contribution in [0.1, 0.15) is 37.7 Å². The second kappa shape index (κ2) is 11.7. The number of nitrogens with zero attached hydrogens (tertiary/aromatic N) is 2. The van der Waals surface area contributed by atoms with E-state index in [4.69, 9.17) is 18.7 Å². The lowest BCUT2D eigenvalue weighted by Gasteiger charge is -2.21. The fourth-order valence-corrected chi connectivity index (χ4v) is 4.09. The van der Waals surface area contributed by atoms with E-state index in [1.165, 1.54) is 30.3 Å². The molecule has 5 rings (SSSR count). The second-order valence-electron chi connectivity index (χ2n) is 8.88. The highest BCUT2D eigenvalue weighted by Gasteiger charge is 2.21. The Morgan fingerprint density at radius 3 is 2.49 bits per heavy atom. The molecule has 0 aliphatic carbocycles. The summed E-state index contributed by atoms with van der Waals surface area (Å²) >= 11 is 0. The Balaban J connectivity index is 1.25. The van der Waals surface area contributed by atoms with Crippen molar-refractivity contribution in [1.29, 1.82) is 0 Å². The van der Waals surface area contributed by atoms with Gasteiger partial charge in [-0.05, 0) is 66.1 Å². The number of aromatic nitrogens is 1. The van der Waals surface area contributed by atoms with Crippen LogP contribution >= 0.6 is 0 Å². The van der Waals surface area contributed by atoms with E-state index in [-0.39, 0.29) is 31.5 Å². The van der Waals surface area contributed by atoms with Crippen LogP contribution in [-0.2, 0) is 19.5 Å². The molecule has 9 nitrogen and oxygen atoms in total. The summed E-state index contributed by atoms with van der Waals surface area (Å²) in [6, 6.07) is 19.9. The molecule has 0 bridgehead atoms. The van der Waals surface area contributed by atoms with Gasteiger partial charge in [-0.15, -0.1) is 0 Å². The van der Waals surface area contributed by atoms with Gasteiger partial charge in [-0.3, -0.25) is 9.59 Å². The van der Waals surface area contributed by atoms with E-state index in [2.05, 4.69) is 10.5 Å². The zero-order valence-electron chi connectivity index (χ0n) is 21.2. The van der Waals surface area contributed by atoms with E-state index in [0.29, 0.717) is 35.8 Å². The molecule has 1 aliphatic heterocycles. The van der Waals surface area contributed by atoms with Gasteiger partial charge in [0.15, 0.2) is 23.0 Å². The van der Waals surface area contributed by atoms with Crippen LogP contribution in [0.2, 0.25) is 0 Å². The van der Waals surface area contributed by atoms with Gasteiger partial charge in [0.05, 0.1) is 13.7 Å². The number of amides is 2. The molecule has 0 unspecified atom stereocenters. The number of hydrogen-bond donors (Lipinski definition) is 1. The highest BCUT2D eigenvalue weighted by molar-refractivity contribution is 5.94. The first-order valence-corrected chi connectivity index (χ1v) is 12.3. The number of rotatable bonds is 10. The summed E-state index contributed by atoms with van der Waals surface area (Å²) in [5.74, 6) is 1.23. The Hall–Kier alpha value is -4.86. The fraction of sp³-hybridized carbons (Fsp3) is 0.207. The van der Waals surface area contributed by atoms with Gasteiger partial charge in [0.25, 0.3) is 11.8 Å². The lowest BCUT2D eigenvalue weighted by atomic mass is 10.1. The Morgan fingerprint density at radius 2 is 1.72 bits per heavy atom. The lowest BCUT2D eigenvalue weighted by molar-refractivity contribution is 0.0729. The maximum absolute atomic E-state index is 13.4. The molecule has 0 saturated heterocycles. The molecule has 1 aromatic heterocycles. The number of nitrogens with one attached hydrogen (secondary N) is 1. The van der Waals surface area contributed by atoms with Crippen molar-refractivity contribution in [2.45, 2.75) is 19.5 Å². The first-order valence-electron chi connectivity index (χ1n) is 12.3. The second-order valence-corrected chi connectivity index (χ2v) is 8.88. The summed E-state index contributed by atoms with van der Waals surface area (Å²) in [6.45, 7) is 0.867. The summed E-state index contributed by atoms with van der Waals surface area (Å²) < 4.78 is 34.7. The minimum Gasteiger partial charge on any atom is -0.497 e. The monoisotopic (exact) mass is 531 g/mol. The maximum atomic E-state index is 13.4. The molecule has 0 fully saturated rings. The summed E-state index contributed by atoms with van der Waals surface area (Å²) in [4.78, 5) is 27.5. The third-order valence-electron chi connectivity index (χ3n) is 6.24. The van der Waals surface area contributed by atoms with Crippen molar-refractivity contribution in [3.63, 3.8) is 0 Å². The quantitative estimate of drug-likeness (QED) is 0.324. The molecule has 0 atom stereocenters. The van der Waals surface area contributed by atoms with E-state index in [1.807, 2.05) is 30.3 Å². The third kappa shape index (κ3) is 6.35. The van der Waals surface area contributed by atoms with E-state index in [1.54, 1.807) is 24.1 Å². The molecule has 39 heavy (non-hydrogen) atoms. The number of carbonyl (C=O) groups excluding carboxylic acids is 2. The zero-order chi connectivity index (χ0) is 27.2. The SMILES string of the molecule is COc1ccc(CCN(Cc2cc(C(=O)NCc3ccc4c(c3)OCO4)no2)C(=O)c2ccc(F)cc2)cc1. The Morgan fingerprint density at radius 1 is 0.974 bits per heavy atom. The van der Waals surface area contributed by atoms with Crippen molar-refractivity contribution < 1.29 is 32.7 Å². The highest BCUT2D eigenvalue weighted by Crippen LogP contribution is 2.32. The summed E-state index contributed by atoms with van der Waals surface area (Å²) in [6.07, 6.45) is 0.563. The van der Waals surface area contributed by atoms with Gasteiger partial charge in [0.1, 0.15) is 11.6 Å². The number of carbonyl (C=O) groups is 2. The number of methoxy groups -OCH3 is 1. The Bertz CT molecular complexity index is 1450. The van der Waals surface area contributed by atoms with Crippen LogP contribution in [0.15, 0.2) is 77.3 Å². The minimum absolute atomic E-state index is 0.0782. The lowest BCUT2D eigenvalue weighted by Crippen LogP contribution is -2.32. The maximum Gasteiger partial charge on any atom is 0.273 e. The molecule has 2 heterocycles. The van der Waals surface area contributed by atoms with Crippen molar-refractivity contribution >= 4 is 11.8 Å². The Kier molecular flexibility index (Phi) is 7.72. The molecular formula is C29H26FN3O6.